The van der Waals surface area contributed by atoms with E-state index in [4.69, 9.17) is 0 Å². The summed E-state index contributed by atoms with van der Waals surface area (Å²) >= 11 is 0. The molecule has 1 nitrogen and oxygen atoms in total. The van der Waals surface area contributed by atoms with Crippen molar-refractivity contribution in [3.8, 4) is 66.8 Å². The molecule has 9 rings (SSSR count). The quantitative estimate of drug-likeness (QED) is 0.145. The van der Waals surface area contributed by atoms with Crippen molar-refractivity contribution in [2.75, 3.05) is 4.90 Å². The molecule has 0 unspecified atom stereocenters. The van der Waals surface area contributed by atoms with Gasteiger partial charge in [-0.1, -0.05) is 218 Å². The van der Waals surface area contributed by atoms with Crippen LogP contribution in [0.1, 0.15) is 0 Å². The lowest BCUT2D eigenvalue weighted by molar-refractivity contribution is 1.28. The molecule has 0 aliphatic carbocycles. The van der Waals surface area contributed by atoms with Gasteiger partial charge in [0.15, 0.2) is 0 Å². The molecule has 55 heavy (non-hydrogen) atoms. The molecule has 0 spiro atoms. The predicted molar refractivity (Wildman–Crippen MR) is 234 cm³/mol. The Morgan fingerprint density at radius 2 is 0.509 bits per heavy atom. The van der Waals surface area contributed by atoms with E-state index in [-0.39, 0.29) is 0 Å². The fourth-order valence-electron chi connectivity index (χ4n) is 7.75. The highest BCUT2D eigenvalue weighted by Crippen LogP contribution is 2.49. The second-order valence-electron chi connectivity index (χ2n) is 13.7. The summed E-state index contributed by atoms with van der Waals surface area (Å²) in [6.45, 7) is 0. The maximum Gasteiger partial charge on any atom is 0.0618 e. The minimum atomic E-state index is 1.08. The first-order valence-corrected chi connectivity index (χ1v) is 18.9. The van der Waals surface area contributed by atoms with Crippen molar-refractivity contribution in [3.05, 3.63) is 237 Å². The standard InChI is InChI=1S/C54H39N/c1-5-20-40(21-6-1)46-28-13-15-31-51(46)52-32-16-14-29-47(52)44-36-38-45(39-37-44)55(53-35-18-17-30-48(53)41-22-7-2-8-23-41)54-49(42-24-9-3-10-25-42)33-19-34-50(54)43-26-11-4-12-27-43/h1-39H. The monoisotopic (exact) mass is 701 g/mol. The summed E-state index contributed by atoms with van der Waals surface area (Å²) in [5.74, 6) is 0. The van der Waals surface area contributed by atoms with Gasteiger partial charge in [0.05, 0.1) is 11.4 Å². The normalized spacial score (nSPS) is 10.9. The zero-order chi connectivity index (χ0) is 36.8. The average Bonchev–Trinajstić information content (AvgIpc) is 3.28. The molecule has 9 aromatic carbocycles. The van der Waals surface area contributed by atoms with E-state index < -0.39 is 0 Å². The summed E-state index contributed by atoms with van der Waals surface area (Å²) in [5, 5.41) is 0. The number of hydrogen-bond donors (Lipinski definition) is 0. The number of anilines is 3. The number of hydrogen-bond acceptors (Lipinski definition) is 1. The molecule has 0 aliphatic rings. The lowest BCUT2D eigenvalue weighted by Crippen LogP contribution is -2.14. The fraction of sp³-hybridized carbons (Fsp3) is 0. The Morgan fingerprint density at radius 1 is 0.200 bits per heavy atom. The molecule has 0 bridgehead atoms. The predicted octanol–water partition coefficient (Wildman–Crippen LogP) is 15.2. The van der Waals surface area contributed by atoms with E-state index in [0.717, 1.165) is 39.3 Å². The van der Waals surface area contributed by atoms with E-state index in [1.165, 1.54) is 44.5 Å². The van der Waals surface area contributed by atoms with Crippen LogP contribution in [0.2, 0.25) is 0 Å². The van der Waals surface area contributed by atoms with Crippen LogP contribution >= 0.6 is 0 Å². The van der Waals surface area contributed by atoms with Crippen molar-refractivity contribution >= 4 is 17.1 Å². The largest absolute Gasteiger partial charge is 0.309 e. The maximum atomic E-state index is 2.47. The molecular weight excluding hydrogens is 663 g/mol. The van der Waals surface area contributed by atoms with Gasteiger partial charge < -0.3 is 4.90 Å². The van der Waals surface area contributed by atoms with Gasteiger partial charge in [-0.05, 0) is 68.3 Å². The molecule has 0 saturated carbocycles. The van der Waals surface area contributed by atoms with Crippen molar-refractivity contribution in [2.24, 2.45) is 0 Å². The van der Waals surface area contributed by atoms with Crippen molar-refractivity contribution in [3.63, 3.8) is 0 Å². The average molecular weight is 702 g/mol. The van der Waals surface area contributed by atoms with Crippen LogP contribution in [0.25, 0.3) is 66.8 Å². The first-order valence-electron chi connectivity index (χ1n) is 18.9. The number of para-hydroxylation sites is 2. The molecule has 0 atom stereocenters. The number of nitrogens with zero attached hydrogens (tertiary/aromatic N) is 1. The zero-order valence-electron chi connectivity index (χ0n) is 30.5. The molecule has 0 fully saturated rings. The molecule has 0 N–H and O–H groups in total. The second kappa shape index (κ2) is 15.4. The highest BCUT2D eigenvalue weighted by molar-refractivity contribution is 6.00. The van der Waals surface area contributed by atoms with E-state index in [0.29, 0.717) is 0 Å². The zero-order valence-corrected chi connectivity index (χ0v) is 30.5. The topological polar surface area (TPSA) is 3.24 Å². The minimum Gasteiger partial charge on any atom is -0.309 e. The Balaban J connectivity index is 1.25. The van der Waals surface area contributed by atoms with Gasteiger partial charge in [0.25, 0.3) is 0 Å². The van der Waals surface area contributed by atoms with E-state index in [1.54, 1.807) is 0 Å². The van der Waals surface area contributed by atoms with Crippen LogP contribution in [0.5, 0.6) is 0 Å². The summed E-state index contributed by atoms with van der Waals surface area (Å²) < 4.78 is 0. The van der Waals surface area contributed by atoms with Gasteiger partial charge in [-0.25, -0.2) is 0 Å². The molecule has 0 amide bonds. The Bertz CT molecular complexity index is 2610. The third-order valence-electron chi connectivity index (χ3n) is 10.3. The summed E-state index contributed by atoms with van der Waals surface area (Å²) in [7, 11) is 0. The van der Waals surface area contributed by atoms with Gasteiger partial charge in [0.1, 0.15) is 0 Å². The van der Waals surface area contributed by atoms with Gasteiger partial charge in [-0.2, -0.15) is 0 Å². The lowest BCUT2D eigenvalue weighted by Gasteiger charge is -2.32. The van der Waals surface area contributed by atoms with Crippen molar-refractivity contribution in [1.82, 2.24) is 0 Å². The lowest BCUT2D eigenvalue weighted by atomic mass is 9.89. The summed E-state index contributed by atoms with van der Waals surface area (Å²) in [5.41, 5.74) is 17.5. The molecular formula is C54H39N. The van der Waals surface area contributed by atoms with Gasteiger partial charge in [0.2, 0.25) is 0 Å². The van der Waals surface area contributed by atoms with Gasteiger partial charge >= 0.3 is 0 Å². The van der Waals surface area contributed by atoms with Crippen LogP contribution in [0, 0.1) is 0 Å². The Labute approximate surface area is 324 Å². The smallest absolute Gasteiger partial charge is 0.0618 e. The fourth-order valence-corrected chi connectivity index (χ4v) is 7.75. The first-order chi connectivity index (χ1) is 27.3. The molecule has 0 saturated heterocycles. The number of rotatable bonds is 9. The molecule has 260 valence electrons. The van der Waals surface area contributed by atoms with Crippen molar-refractivity contribution in [2.45, 2.75) is 0 Å². The second-order valence-corrected chi connectivity index (χ2v) is 13.7. The Hall–Kier alpha value is -7.22. The van der Waals surface area contributed by atoms with Crippen molar-refractivity contribution < 1.29 is 0 Å². The Morgan fingerprint density at radius 3 is 0.964 bits per heavy atom. The van der Waals surface area contributed by atoms with Crippen LogP contribution in [0.4, 0.5) is 17.1 Å². The van der Waals surface area contributed by atoms with E-state index in [1.807, 2.05) is 0 Å². The minimum absolute atomic E-state index is 1.08. The summed E-state index contributed by atoms with van der Waals surface area (Å²) in [6.07, 6.45) is 0. The highest BCUT2D eigenvalue weighted by Gasteiger charge is 2.24. The van der Waals surface area contributed by atoms with E-state index >= 15 is 0 Å². The molecule has 1 heteroatoms. The molecule has 0 heterocycles. The Kier molecular flexibility index (Phi) is 9.41. The van der Waals surface area contributed by atoms with Crippen LogP contribution < -0.4 is 4.90 Å². The SMILES string of the molecule is c1ccc(-c2ccccc2-c2ccccc2-c2ccc(N(c3ccccc3-c3ccccc3)c3c(-c4ccccc4)cccc3-c3ccccc3)cc2)cc1. The third kappa shape index (κ3) is 6.76. The van der Waals surface area contributed by atoms with Gasteiger partial charge in [-0.15, -0.1) is 0 Å². The van der Waals surface area contributed by atoms with Crippen LogP contribution in [-0.2, 0) is 0 Å². The molecule has 0 aromatic heterocycles. The first kappa shape index (κ1) is 33.6. The third-order valence-corrected chi connectivity index (χ3v) is 10.3. The number of benzene rings is 9. The van der Waals surface area contributed by atoms with E-state index in [2.05, 4.69) is 241 Å². The summed E-state index contributed by atoms with van der Waals surface area (Å²) in [6, 6.07) is 85.0. The molecule has 0 radical (unpaired) electrons. The van der Waals surface area contributed by atoms with Crippen LogP contribution in [0.15, 0.2) is 237 Å². The maximum absolute atomic E-state index is 2.47. The van der Waals surface area contributed by atoms with E-state index in [9.17, 15) is 0 Å². The van der Waals surface area contributed by atoms with Crippen molar-refractivity contribution in [1.29, 1.82) is 0 Å². The summed E-state index contributed by atoms with van der Waals surface area (Å²) in [4.78, 5) is 2.47. The highest BCUT2D eigenvalue weighted by atomic mass is 15.1. The molecule has 9 aromatic rings. The van der Waals surface area contributed by atoms with Gasteiger partial charge in [0, 0.05) is 22.4 Å². The van der Waals surface area contributed by atoms with Gasteiger partial charge in [-0.3, -0.25) is 0 Å². The van der Waals surface area contributed by atoms with Crippen LogP contribution in [0.3, 0.4) is 0 Å². The van der Waals surface area contributed by atoms with Crippen LogP contribution in [-0.4, -0.2) is 0 Å². The molecule has 0 aliphatic heterocycles.